The second-order valence-corrected chi connectivity index (χ2v) is 5.50. The minimum absolute atomic E-state index is 0. The highest BCUT2D eigenvalue weighted by molar-refractivity contribution is 5.85. The molecule has 1 fully saturated rings. The van der Waals surface area contributed by atoms with E-state index in [0.717, 1.165) is 44.6 Å². The summed E-state index contributed by atoms with van der Waals surface area (Å²) in [7, 11) is 1.72. The topological polar surface area (TPSA) is 44.5 Å². The maximum atomic E-state index is 6.22. The fourth-order valence-electron chi connectivity index (χ4n) is 2.97. The zero-order valence-corrected chi connectivity index (χ0v) is 13.2. The van der Waals surface area contributed by atoms with Crippen LogP contribution < -0.4 is 10.5 Å². The molecular formula is C16H26ClNO2. The quantitative estimate of drug-likeness (QED) is 0.907. The summed E-state index contributed by atoms with van der Waals surface area (Å²) in [6.45, 7) is 3.81. The summed E-state index contributed by atoms with van der Waals surface area (Å²) in [6, 6.07) is 8.69. The van der Waals surface area contributed by atoms with Gasteiger partial charge in [-0.05, 0) is 43.4 Å². The van der Waals surface area contributed by atoms with Crippen LogP contribution in [0.15, 0.2) is 24.3 Å². The highest BCUT2D eigenvalue weighted by Gasteiger charge is 2.35. The first-order chi connectivity index (χ1) is 9.20. The van der Waals surface area contributed by atoms with E-state index in [1.54, 1.807) is 7.11 Å². The molecule has 2 rings (SSSR count). The number of ether oxygens (including phenoxy) is 2. The molecule has 1 saturated heterocycles. The van der Waals surface area contributed by atoms with Crippen LogP contribution >= 0.6 is 12.4 Å². The molecule has 0 saturated carbocycles. The number of rotatable bonds is 5. The van der Waals surface area contributed by atoms with Gasteiger partial charge in [0.2, 0.25) is 0 Å². The third-order valence-electron chi connectivity index (χ3n) is 4.31. The molecule has 4 heteroatoms. The molecule has 0 aromatic heterocycles. The van der Waals surface area contributed by atoms with E-state index in [4.69, 9.17) is 15.2 Å². The third kappa shape index (κ3) is 3.87. The lowest BCUT2D eigenvalue weighted by atomic mass is 9.70. The molecule has 2 N–H and O–H groups in total. The van der Waals surface area contributed by atoms with Crippen LogP contribution in [0.25, 0.3) is 0 Å². The van der Waals surface area contributed by atoms with Crippen LogP contribution in [0.1, 0.15) is 38.2 Å². The summed E-state index contributed by atoms with van der Waals surface area (Å²) >= 11 is 0. The lowest BCUT2D eigenvalue weighted by Crippen LogP contribution is -2.39. The highest BCUT2D eigenvalue weighted by Crippen LogP contribution is 2.40. The Morgan fingerprint density at radius 2 is 2.05 bits per heavy atom. The molecule has 1 aromatic carbocycles. The Morgan fingerprint density at radius 1 is 1.35 bits per heavy atom. The molecule has 1 unspecified atom stereocenters. The van der Waals surface area contributed by atoms with Crippen molar-refractivity contribution >= 4 is 12.4 Å². The SMILES string of the molecule is CCC(N)CC1(c2cccc(OC)c2)CCOCC1.Cl. The summed E-state index contributed by atoms with van der Waals surface area (Å²) in [5.41, 5.74) is 7.73. The molecule has 1 heterocycles. The van der Waals surface area contributed by atoms with E-state index >= 15 is 0 Å². The van der Waals surface area contributed by atoms with Crippen LogP contribution in [0.2, 0.25) is 0 Å². The molecule has 1 aliphatic rings. The van der Waals surface area contributed by atoms with Crippen molar-refractivity contribution < 1.29 is 9.47 Å². The Hall–Kier alpha value is -0.770. The van der Waals surface area contributed by atoms with Gasteiger partial charge in [0, 0.05) is 24.7 Å². The normalized spacial score (nSPS) is 18.9. The van der Waals surface area contributed by atoms with Crippen LogP contribution in [0.5, 0.6) is 5.75 Å². The molecule has 1 atom stereocenters. The Morgan fingerprint density at radius 3 is 2.65 bits per heavy atom. The van der Waals surface area contributed by atoms with Crippen molar-refractivity contribution in [2.24, 2.45) is 5.73 Å². The summed E-state index contributed by atoms with van der Waals surface area (Å²) in [5, 5.41) is 0. The molecule has 0 radical (unpaired) electrons. The van der Waals surface area contributed by atoms with Gasteiger partial charge < -0.3 is 15.2 Å². The molecule has 0 bridgehead atoms. The first-order valence-corrected chi connectivity index (χ1v) is 7.18. The molecule has 20 heavy (non-hydrogen) atoms. The van der Waals surface area contributed by atoms with Gasteiger partial charge in [-0.25, -0.2) is 0 Å². The molecule has 0 aliphatic carbocycles. The largest absolute Gasteiger partial charge is 0.497 e. The average molecular weight is 300 g/mol. The van der Waals surface area contributed by atoms with Crippen molar-refractivity contribution in [1.29, 1.82) is 0 Å². The number of benzene rings is 1. The molecule has 114 valence electrons. The Labute approximate surface area is 128 Å². The fraction of sp³-hybridized carbons (Fsp3) is 0.625. The van der Waals surface area contributed by atoms with Crippen LogP contribution in [-0.4, -0.2) is 26.4 Å². The molecular weight excluding hydrogens is 274 g/mol. The molecule has 1 aromatic rings. The van der Waals surface area contributed by atoms with E-state index in [1.165, 1.54) is 5.56 Å². The van der Waals surface area contributed by atoms with Gasteiger partial charge in [-0.3, -0.25) is 0 Å². The minimum Gasteiger partial charge on any atom is -0.497 e. The predicted molar refractivity (Wildman–Crippen MR) is 84.9 cm³/mol. The van der Waals surface area contributed by atoms with Gasteiger partial charge in [0.25, 0.3) is 0 Å². The Kier molecular flexibility index (Phi) is 6.80. The second-order valence-electron chi connectivity index (χ2n) is 5.50. The van der Waals surface area contributed by atoms with Gasteiger partial charge >= 0.3 is 0 Å². The standard InChI is InChI=1S/C16H25NO2.ClH/c1-3-14(17)12-16(7-9-19-10-8-16)13-5-4-6-15(11-13)18-2;/h4-6,11,14H,3,7-10,12,17H2,1-2H3;1H. The summed E-state index contributed by atoms with van der Waals surface area (Å²) < 4.78 is 10.9. The molecule has 3 nitrogen and oxygen atoms in total. The van der Waals surface area contributed by atoms with E-state index in [0.29, 0.717) is 0 Å². The van der Waals surface area contributed by atoms with E-state index in [-0.39, 0.29) is 23.9 Å². The number of hydrogen-bond acceptors (Lipinski definition) is 3. The fourth-order valence-corrected chi connectivity index (χ4v) is 2.97. The van der Waals surface area contributed by atoms with Gasteiger partial charge in [-0.2, -0.15) is 0 Å². The van der Waals surface area contributed by atoms with E-state index < -0.39 is 0 Å². The lowest BCUT2D eigenvalue weighted by Gasteiger charge is -2.39. The Balaban J connectivity index is 0.00000200. The lowest BCUT2D eigenvalue weighted by molar-refractivity contribution is 0.0440. The van der Waals surface area contributed by atoms with Crippen LogP contribution in [-0.2, 0) is 10.2 Å². The van der Waals surface area contributed by atoms with Crippen molar-refractivity contribution in [3.05, 3.63) is 29.8 Å². The van der Waals surface area contributed by atoms with Crippen molar-refractivity contribution in [3.63, 3.8) is 0 Å². The first-order valence-electron chi connectivity index (χ1n) is 7.18. The molecule has 0 spiro atoms. The Bertz CT molecular complexity index is 405. The van der Waals surface area contributed by atoms with E-state index in [9.17, 15) is 0 Å². The van der Waals surface area contributed by atoms with Crippen molar-refractivity contribution in [1.82, 2.24) is 0 Å². The number of nitrogens with two attached hydrogens (primary N) is 1. The van der Waals surface area contributed by atoms with Gasteiger partial charge in [-0.1, -0.05) is 19.1 Å². The van der Waals surface area contributed by atoms with Crippen molar-refractivity contribution in [2.75, 3.05) is 20.3 Å². The number of halogens is 1. The van der Waals surface area contributed by atoms with Crippen LogP contribution in [0, 0.1) is 0 Å². The average Bonchev–Trinajstić information content (AvgIpc) is 2.48. The van der Waals surface area contributed by atoms with Crippen LogP contribution in [0.4, 0.5) is 0 Å². The van der Waals surface area contributed by atoms with Crippen molar-refractivity contribution in [2.45, 2.75) is 44.1 Å². The van der Waals surface area contributed by atoms with Gasteiger partial charge in [-0.15, -0.1) is 12.4 Å². The van der Waals surface area contributed by atoms with Gasteiger partial charge in [0.15, 0.2) is 0 Å². The van der Waals surface area contributed by atoms with E-state index in [1.807, 2.05) is 6.07 Å². The highest BCUT2D eigenvalue weighted by atomic mass is 35.5. The maximum Gasteiger partial charge on any atom is 0.119 e. The van der Waals surface area contributed by atoms with Gasteiger partial charge in [0.1, 0.15) is 5.75 Å². The molecule has 1 aliphatic heterocycles. The zero-order chi connectivity index (χ0) is 13.7. The summed E-state index contributed by atoms with van der Waals surface area (Å²) in [4.78, 5) is 0. The number of hydrogen-bond donors (Lipinski definition) is 1. The summed E-state index contributed by atoms with van der Waals surface area (Å²) in [5.74, 6) is 0.924. The summed E-state index contributed by atoms with van der Waals surface area (Å²) in [6.07, 6.45) is 4.15. The van der Waals surface area contributed by atoms with E-state index in [2.05, 4.69) is 25.1 Å². The predicted octanol–water partition coefficient (Wildman–Crippen LogP) is 3.29. The van der Waals surface area contributed by atoms with Crippen LogP contribution in [0.3, 0.4) is 0 Å². The monoisotopic (exact) mass is 299 g/mol. The third-order valence-corrected chi connectivity index (χ3v) is 4.31. The maximum absolute atomic E-state index is 6.22. The minimum atomic E-state index is 0. The smallest absolute Gasteiger partial charge is 0.119 e. The van der Waals surface area contributed by atoms with Gasteiger partial charge in [0.05, 0.1) is 7.11 Å². The first kappa shape index (κ1) is 17.3. The number of methoxy groups -OCH3 is 1. The van der Waals surface area contributed by atoms with Crippen molar-refractivity contribution in [3.8, 4) is 5.75 Å². The zero-order valence-electron chi connectivity index (χ0n) is 12.4. The molecule has 0 amide bonds. The second kappa shape index (κ2) is 7.87.